The second kappa shape index (κ2) is 11.0. The Morgan fingerprint density at radius 1 is 1.18 bits per heavy atom. The molecule has 0 aliphatic carbocycles. The largest absolute Gasteiger partial charge is 0.389 e. The van der Waals surface area contributed by atoms with Crippen molar-refractivity contribution in [2.75, 3.05) is 26.3 Å². The van der Waals surface area contributed by atoms with Crippen LogP contribution < -0.4 is 5.48 Å². The van der Waals surface area contributed by atoms with Gasteiger partial charge in [0.15, 0.2) is 10.4 Å². The van der Waals surface area contributed by atoms with Crippen molar-refractivity contribution in [2.24, 2.45) is 0 Å². The summed E-state index contributed by atoms with van der Waals surface area (Å²) >= 11 is 0. The Kier molecular flexibility index (Phi) is 9.30. The molecule has 14 heteroatoms. The molecule has 0 bridgehead atoms. The summed E-state index contributed by atoms with van der Waals surface area (Å²) in [6.45, 7) is -0.302. The zero-order valence-electron chi connectivity index (χ0n) is 18.3. The standard InChI is InChI=1S/C20H27F4N3O5S.ClH/c21-18(16-4-3-15(14-25-16)2-1-5-20(22,23)24)6-10-27(11-7-18)33(30,31)19(17(28)26-29)8-12-32-13-9-19;/h3-4,14,29H,1-2,5-13H2,(H,26,28);1H. The number of sulfonamides is 1. The van der Waals surface area contributed by atoms with E-state index in [2.05, 4.69) is 4.98 Å². The highest BCUT2D eigenvalue weighted by Crippen LogP contribution is 2.40. The van der Waals surface area contributed by atoms with Crippen molar-refractivity contribution in [2.45, 2.75) is 61.5 Å². The van der Waals surface area contributed by atoms with Gasteiger partial charge >= 0.3 is 6.18 Å². The maximum Gasteiger partial charge on any atom is 0.389 e. The number of hydroxylamine groups is 1. The third kappa shape index (κ3) is 5.99. The maximum absolute atomic E-state index is 15.6. The monoisotopic (exact) mass is 533 g/mol. The van der Waals surface area contributed by atoms with E-state index in [1.54, 1.807) is 0 Å². The van der Waals surface area contributed by atoms with Gasteiger partial charge in [0.2, 0.25) is 10.0 Å². The molecule has 3 rings (SSSR count). The molecule has 0 saturated carbocycles. The van der Waals surface area contributed by atoms with Crippen LogP contribution in [0.1, 0.15) is 49.8 Å². The molecule has 3 heterocycles. The molecule has 2 saturated heterocycles. The number of hydrogen-bond donors (Lipinski definition) is 2. The minimum atomic E-state index is -4.23. The third-order valence-electron chi connectivity index (χ3n) is 6.37. The number of carbonyl (C=O) groups excluding carboxylic acids is 1. The number of nitrogens with one attached hydrogen (secondary N) is 1. The number of piperidine rings is 1. The fraction of sp³-hybridized carbons (Fsp3) is 0.700. The van der Waals surface area contributed by atoms with Crippen LogP contribution in [-0.4, -0.2) is 66.0 Å². The molecule has 0 aromatic carbocycles. The molecule has 1 aromatic rings. The zero-order valence-corrected chi connectivity index (χ0v) is 19.9. The molecule has 2 N–H and O–H groups in total. The van der Waals surface area contributed by atoms with Crippen LogP contribution in [-0.2, 0) is 31.6 Å². The third-order valence-corrected chi connectivity index (χ3v) is 9.00. The summed E-state index contributed by atoms with van der Waals surface area (Å²) in [7, 11) is -4.22. The lowest BCUT2D eigenvalue weighted by atomic mass is 9.90. The Bertz CT molecular complexity index is 933. The highest BCUT2D eigenvalue weighted by atomic mass is 35.5. The molecule has 1 aromatic heterocycles. The van der Waals surface area contributed by atoms with Gasteiger partial charge in [0, 0.05) is 64.6 Å². The Hall–Kier alpha value is -1.54. The molecular weight excluding hydrogens is 506 g/mol. The average Bonchev–Trinajstić information content (AvgIpc) is 2.78. The first kappa shape index (κ1) is 28.7. The van der Waals surface area contributed by atoms with E-state index in [1.807, 2.05) is 0 Å². The fourth-order valence-electron chi connectivity index (χ4n) is 4.32. The van der Waals surface area contributed by atoms with E-state index in [9.17, 15) is 26.4 Å². The van der Waals surface area contributed by atoms with E-state index in [1.165, 1.54) is 23.8 Å². The van der Waals surface area contributed by atoms with Crippen LogP contribution in [0.5, 0.6) is 0 Å². The highest BCUT2D eigenvalue weighted by molar-refractivity contribution is 7.91. The summed E-state index contributed by atoms with van der Waals surface area (Å²) in [6.07, 6.45) is -4.37. The van der Waals surface area contributed by atoms with Crippen molar-refractivity contribution in [3.63, 3.8) is 0 Å². The lowest BCUT2D eigenvalue weighted by Crippen LogP contribution is -2.60. The van der Waals surface area contributed by atoms with Crippen LogP contribution in [0.2, 0.25) is 0 Å². The summed E-state index contributed by atoms with van der Waals surface area (Å²) in [5.41, 5.74) is 0.189. The van der Waals surface area contributed by atoms with Crippen LogP contribution in [0.4, 0.5) is 17.6 Å². The van der Waals surface area contributed by atoms with Gasteiger partial charge in [0.25, 0.3) is 5.91 Å². The molecule has 2 aliphatic heterocycles. The van der Waals surface area contributed by atoms with Crippen molar-refractivity contribution in [3.05, 3.63) is 29.6 Å². The Morgan fingerprint density at radius 3 is 2.29 bits per heavy atom. The van der Waals surface area contributed by atoms with Crippen molar-refractivity contribution in [1.82, 2.24) is 14.8 Å². The van der Waals surface area contributed by atoms with Crippen LogP contribution in [0, 0.1) is 0 Å². The van der Waals surface area contributed by atoms with Crippen LogP contribution in [0.3, 0.4) is 0 Å². The smallest absolute Gasteiger partial charge is 0.381 e. The van der Waals surface area contributed by atoms with E-state index in [0.717, 1.165) is 4.31 Å². The summed E-state index contributed by atoms with van der Waals surface area (Å²) in [5, 5.41) is 9.11. The predicted octanol–water partition coefficient (Wildman–Crippen LogP) is 3.03. The molecule has 8 nitrogen and oxygen atoms in total. The number of pyridine rings is 1. The summed E-state index contributed by atoms with van der Waals surface area (Å²) < 4.78 is 83.4. The van der Waals surface area contributed by atoms with E-state index >= 15 is 4.39 Å². The molecule has 0 radical (unpaired) electrons. The molecule has 0 unspecified atom stereocenters. The van der Waals surface area contributed by atoms with Gasteiger partial charge in [-0.1, -0.05) is 6.07 Å². The van der Waals surface area contributed by atoms with E-state index < -0.39 is 38.9 Å². The summed E-state index contributed by atoms with van der Waals surface area (Å²) in [5.74, 6) is -1.04. The molecule has 34 heavy (non-hydrogen) atoms. The quantitative estimate of drug-likeness (QED) is 0.317. The Balaban J connectivity index is 0.00000408. The van der Waals surface area contributed by atoms with E-state index in [4.69, 9.17) is 9.94 Å². The van der Waals surface area contributed by atoms with Gasteiger partial charge < -0.3 is 4.74 Å². The van der Waals surface area contributed by atoms with Crippen LogP contribution in [0.25, 0.3) is 0 Å². The first-order chi connectivity index (χ1) is 15.4. The minimum absolute atomic E-state index is 0. The molecule has 2 fully saturated rings. The number of alkyl halides is 4. The van der Waals surface area contributed by atoms with Gasteiger partial charge in [-0.15, -0.1) is 12.4 Å². The first-order valence-corrected chi connectivity index (χ1v) is 12.1. The summed E-state index contributed by atoms with van der Waals surface area (Å²) in [4.78, 5) is 16.4. The van der Waals surface area contributed by atoms with E-state index in [0.29, 0.717) is 5.56 Å². The molecule has 1 amide bonds. The van der Waals surface area contributed by atoms with Gasteiger partial charge in [0.1, 0.15) is 0 Å². The SMILES string of the molecule is Cl.O=C(NO)C1(S(=O)(=O)N2CCC(F)(c3ccc(CCCC(F)(F)F)cn3)CC2)CCOCC1. The first-order valence-electron chi connectivity index (χ1n) is 10.7. The minimum Gasteiger partial charge on any atom is -0.381 e. The van der Waals surface area contributed by atoms with Crippen LogP contribution >= 0.6 is 12.4 Å². The average molecular weight is 534 g/mol. The molecule has 0 atom stereocenters. The molecule has 0 spiro atoms. The molecule has 194 valence electrons. The lowest BCUT2D eigenvalue weighted by molar-refractivity contribution is -0.135. The van der Waals surface area contributed by atoms with Crippen molar-refractivity contribution < 1.29 is 40.7 Å². The topological polar surface area (TPSA) is 109 Å². The lowest BCUT2D eigenvalue weighted by Gasteiger charge is -2.41. The number of rotatable bonds is 7. The second-order valence-electron chi connectivity index (χ2n) is 8.44. The Labute approximate surface area is 201 Å². The number of nitrogens with zero attached hydrogens (tertiary/aromatic N) is 2. The molecular formula is C20H28ClF4N3O5S. The second-order valence-corrected chi connectivity index (χ2v) is 10.7. The van der Waals surface area contributed by atoms with Gasteiger partial charge in [-0.25, -0.2) is 22.6 Å². The number of ether oxygens (including phenoxy) is 1. The Morgan fingerprint density at radius 2 is 1.79 bits per heavy atom. The fourth-order valence-corrected chi connectivity index (χ4v) is 6.44. The zero-order chi connectivity index (χ0) is 24.3. The number of aromatic nitrogens is 1. The van der Waals surface area contributed by atoms with Gasteiger partial charge in [-0.2, -0.15) is 13.2 Å². The number of halogens is 5. The van der Waals surface area contributed by atoms with Gasteiger partial charge in [0.05, 0.1) is 5.69 Å². The molecule has 2 aliphatic rings. The van der Waals surface area contributed by atoms with Crippen molar-refractivity contribution in [3.8, 4) is 0 Å². The normalized spacial score (nSPS) is 20.9. The highest BCUT2D eigenvalue weighted by Gasteiger charge is 2.55. The van der Waals surface area contributed by atoms with Crippen LogP contribution in [0.15, 0.2) is 18.3 Å². The summed E-state index contributed by atoms with van der Waals surface area (Å²) in [6, 6.07) is 2.96. The van der Waals surface area contributed by atoms with Crippen molar-refractivity contribution >= 4 is 28.3 Å². The van der Waals surface area contributed by atoms with E-state index in [-0.39, 0.29) is 82.9 Å². The maximum atomic E-state index is 15.6. The van der Waals surface area contributed by atoms with Gasteiger partial charge in [-0.05, 0) is 24.5 Å². The number of aryl methyl sites for hydroxylation is 1. The van der Waals surface area contributed by atoms with Gasteiger partial charge in [-0.3, -0.25) is 15.0 Å². The predicted molar refractivity (Wildman–Crippen MR) is 116 cm³/mol. The number of hydrogen-bond acceptors (Lipinski definition) is 6. The van der Waals surface area contributed by atoms with Crippen molar-refractivity contribution in [1.29, 1.82) is 0 Å². The number of amides is 1. The number of carbonyl (C=O) groups is 1.